The topological polar surface area (TPSA) is 16.9 Å². The van der Waals surface area contributed by atoms with E-state index in [1.165, 1.54) is 41.7 Å². The smallest absolute Gasteiger partial charge is 0.118 e. The lowest BCUT2D eigenvalue weighted by atomic mass is 10.1. The van der Waals surface area contributed by atoms with Gasteiger partial charge in [-0.15, -0.1) is 0 Å². The average Bonchev–Trinajstić information content (AvgIpc) is 3.02. The van der Waals surface area contributed by atoms with E-state index < -0.39 is 0 Å². The fourth-order valence-corrected chi connectivity index (χ4v) is 3.51. The summed E-state index contributed by atoms with van der Waals surface area (Å²) < 4.78 is 7.58. The number of nitrogens with zero attached hydrogens (tertiary/aromatic N) is 2. The number of pyridine rings is 1. The largest absolute Gasteiger partial charge is 0.497 e. The summed E-state index contributed by atoms with van der Waals surface area (Å²) in [6.07, 6.45) is 6.10. The highest BCUT2D eigenvalue weighted by Gasteiger charge is 2.17. The number of hydrogen-bond donors (Lipinski definition) is 0. The Hall–Kier alpha value is -2.42. The van der Waals surface area contributed by atoms with Crippen molar-refractivity contribution in [2.45, 2.75) is 19.3 Å². The molecule has 3 heteroatoms. The summed E-state index contributed by atoms with van der Waals surface area (Å²) in [5.74, 6) is 0.894. The van der Waals surface area contributed by atoms with Crippen LogP contribution in [-0.2, 0) is 0 Å². The summed E-state index contributed by atoms with van der Waals surface area (Å²) in [5, 5.41) is 0. The van der Waals surface area contributed by atoms with E-state index in [0.717, 1.165) is 18.8 Å². The molecular weight excluding hydrogens is 284 g/mol. The molecular formula is C20H22N2O. The van der Waals surface area contributed by atoms with Crippen LogP contribution in [0.2, 0.25) is 0 Å². The standard InChI is InChI=1S/C20H22N2O/c1-23-17-10-8-16(9-11-17)19-15-20(21-12-4-2-5-13-21)18-7-3-6-14-22(18)19/h3,6-11,14-15H,2,4-5,12-13H2,1H3. The van der Waals surface area contributed by atoms with Crippen LogP contribution in [0.4, 0.5) is 5.69 Å². The van der Waals surface area contributed by atoms with Gasteiger partial charge >= 0.3 is 0 Å². The zero-order valence-corrected chi connectivity index (χ0v) is 13.5. The van der Waals surface area contributed by atoms with Gasteiger partial charge in [0, 0.05) is 19.3 Å². The van der Waals surface area contributed by atoms with Crippen LogP contribution in [0.1, 0.15) is 19.3 Å². The number of methoxy groups -OCH3 is 1. The summed E-state index contributed by atoms with van der Waals surface area (Å²) >= 11 is 0. The first-order valence-electron chi connectivity index (χ1n) is 8.36. The maximum absolute atomic E-state index is 5.28. The third kappa shape index (κ3) is 2.56. The van der Waals surface area contributed by atoms with E-state index in [9.17, 15) is 0 Å². The van der Waals surface area contributed by atoms with E-state index in [1.807, 2.05) is 12.1 Å². The van der Waals surface area contributed by atoms with Crippen LogP contribution in [-0.4, -0.2) is 24.6 Å². The van der Waals surface area contributed by atoms with Crippen molar-refractivity contribution in [1.82, 2.24) is 4.40 Å². The Morgan fingerprint density at radius 1 is 0.913 bits per heavy atom. The molecule has 0 spiro atoms. The molecule has 0 bridgehead atoms. The zero-order chi connectivity index (χ0) is 15.6. The molecule has 0 unspecified atom stereocenters. The predicted octanol–water partition coefficient (Wildman–Crippen LogP) is 4.61. The molecule has 0 N–H and O–H groups in total. The quantitative estimate of drug-likeness (QED) is 0.703. The fourth-order valence-electron chi connectivity index (χ4n) is 3.51. The highest BCUT2D eigenvalue weighted by Crippen LogP contribution is 2.34. The highest BCUT2D eigenvalue weighted by molar-refractivity contribution is 5.82. The first kappa shape index (κ1) is 14.2. The molecule has 1 aromatic carbocycles. The molecule has 0 saturated carbocycles. The second kappa shape index (κ2) is 5.99. The molecule has 23 heavy (non-hydrogen) atoms. The maximum Gasteiger partial charge on any atom is 0.118 e. The van der Waals surface area contributed by atoms with Gasteiger partial charge < -0.3 is 14.0 Å². The van der Waals surface area contributed by atoms with Gasteiger partial charge in [0.1, 0.15) is 5.75 Å². The van der Waals surface area contributed by atoms with Gasteiger partial charge in [0.25, 0.3) is 0 Å². The molecule has 1 saturated heterocycles. The van der Waals surface area contributed by atoms with Gasteiger partial charge in [0.05, 0.1) is 24.0 Å². The van der Waals surface area contributed by atoms with Crippen molar-refractivity contribution in [2.24, 2.45) is 0 Å². The van der Waals surface area contributed by atoms with Gasteiger partial charge in [-0.3, -0.25) is 0 Å². The molecule has 1 fully saturated rings. The van der Waals surface area contributed by atoms with E-state index in [-0.39, 0.29) is 0 Å². The van der Waals surface area contributed by atoms with Gasteiger partial charge in [0.2, 0.25) is 0 Å². The maximum atomic E-state index is 5.28. The van der Waals surface area contributed by atoms with E-state index >= 15 is 0 Å². The molecule has 0 aliphatic carbocycles. The minimum atomic E-state index is 0.894. The number of fused-ring (bicyclic) bond motifs is 1. The molecule has 1 aliphatic heterocycles. The number of anilines is 1. The Labute approximate surface area is 137 Å². The molecule has 0 radical (unpaired) electrons. The summed E-state index contributed by atoms with van der Waals surface area (Å²) in [6, 6.07) is 17.1. The number of rotatable bonds is 3. The first-order valence-corrected chi connectivity index (χ1v) is 8.36. The molecule has 3 nitrogen and oxygen atoms in total. The number of ether oxygens (including phenoxy) is 1. The van der Waals surface area contributed by atoms with Crippen LogP contribution in [0, 0.1) is 0 Å². The Morgan fingerprint density at radius 3 is 2.43 bits per heavy atom. The summed E-state index contributed by atoms with van der Waals surface area (Å²) in [4.78, 5) is 2.53. The van der Waals surface area contributed by atoms with Crippen LogP contribution < -0.4 is 9.64 Å². The fraction of sp³-hybridized carbons (Fsp3) is 0.300. The summed E-state index contributed by atoms with van der Waals surface area (Å²) in [5.41, 5.74) is 5.11. The third-order valence-electron chi connectivity index (χ3n) is 4.74. The SMILES string of the molecule is COc1ccc(-c2cc(N3CCCCC3)c3ccccn23)cc1. The molecule has 0 amide bonds. The van der Waals surface area contributed by atoms with E-state index in [4.69, 9.17) is 4.74 Å². The van der Waals surface area contributed by atoms with Crippen LogP contribution in [0.3, 0.4) is 0 Å². The third-order valence-corrected chi connectivity index (χ3v) is 4.74. The summed E-state index contributed by atoms with van der Waals surface area (Å²) in [6.45, 7) is 2.33. The van der Waals surface area contributed by atoms with Crippen LogP contribution >= 0.6 is 0 Å². The second-order valence-corrected chi connectivity index (χ2v) is 6.15. The Balaban J connectivity index is 1.82. The molecule has 118 valence electrons. The highest BCUT2D eigenvalue weighted by atomic mass is 16.5. The van der Waals surface area contributed by atoms with Gasteiger partial charge in [-0.25, -0.2) is 0 Å². The van der Waals surface area contributed by atoms with E-state index in [0.29, 0.717) is 0 Å². The lowest BCUT2D eigenvalue weighted by molar-refractivity contribution is 0.415. The van der Waals surface area contributed by atoms with Crippen LogP contribution in [0.25, 0.3) is 16.8 Å². The Morgan fingerprint density at radius 2 is 1.70 bits per heavy atom. The summed E-state index contributed by atoms with van der Waals surface area (Å²) in [7, 11) is 1.70. The lowest BCUT2D eigenvalue weighted by Gasteiger charge is -2.28. The molecule has 3 aromatic rings. The van der Waals surface area contributed by atoms with Crippen molar-refractivity contribution in [2.75, 3.05) is 25.1 Å². The number of piperidine rings is 1. The van der Waals surface area contributed by atoms with Crippen molar-refractivity contribution in [3.63, 3.8) is 0 Å². The normalized spacial score (nSPS) is 15.1. The lowest BCUT2D eigenvalue weighted by Crippen LogP contribution is -2.29. The van der Waals surface area contributed by atoms with E-state index in [1.54, 1.807) is 7.11 Å². The molecule has 3 heterocycles. The van der Waals surface area contributed by atoms with Crippen molar-refractivity contribution >= 4 is 11.2 Å². The molecule has 4 rings (SSSR count). The minimum Gasteiger partial charge on any atom is -0.497 e. The number of hydrogen-bond acceptors (Lipinski definition) is 2. The van der Waals surface area contributed by atoms with Crippen LogP contribution in [0.15, 0.2) is 54.7 Å². The van der Waals surface area contributed by atoms with E-state index in [2.05, 4.69) is 51.9 Å². The van der Waals surface area contributed by atoms with Crippen molar-refractivity contribution in [1.29, 1.82) is 0 Å². The van der Waals surface area contributed by atoms with Gasteiger partial charge in [-0.05, 0) is 67.3 Å². The van der Waals surface area contributed by atoms with Gasteiger partial charge in [-0.1, -0.05) is 6.07 Å². The number of aromatic nitrogens is 1. The van der Waals surface area contributed by atoms with Crippen molar-refractivity contribution in [3.05, 3.63) is 54.7 Å². The second-order valence-electron chi connectivity index (χ2n) is 6.15. The number of benzene rings is 1. The molecule has 1 aliphatic rings. The Bertz CT molecular complexity index is 798. The first-order chi connectivity index (χ1) is 11.4. The predicted molar refractivity (Wildman–Crippen MR) is 95.4 cm³/mol. The zero-order valence-electron chi connectivity index (χ0n) is 13.5. The van der Waals surface area contributed by atoms with Gasteiger partial charge in [0.15, 0.2) is 0 Å². The molecule has 2 aromatic heterocycles. The minimum absolute atomic E-state index is 0.894. The van der Waals surface area contributed by atoms with Crippen molar-refractivity contribution in [3.8, 4) is 17.0 Å². The average molecular weight is 306 g/mol. The van der Waals surface area contributed by atoms with Gasteiger partial charge in [-0.2, -0.15) is 0 Å². The van der Waals surface area contributed by atoms with Crippen molar-refractivity contribution < 1.29 is 4.74 Å². The monoisotopic (exact) mass is 306 g/mol. The Kier molecular flexibility index (Phi) is 3.70. The van der Waals surface area contributed by atoms with Crippen LogP contribution in [0.5, 0.6) is 5.75 Å². The molecule has 0 atom stereocenters.